The summed E-state index contributed by atoms with van der Waals surface area (Å²) in [5.74, 6) is 0.771. The molecule has 124 valence electrons. The second-order valence-electron chi connectivity index (χ2n) is 6.43. The van der Waals surface area contributed by atoms with Crippen molar-refractivity contribution >= 4 is 22.4 Å². The average molecular weight is 345 g/mol. The molecule has 6 heteroatoms. The van der Waals surface area contributed by atoms with Gasteiger partial charge in [0.25, 0.3) is 0 Å². The lowest BCUT2D eigenvalue weighted by Gasteiger charge is -2.19. The molecule has 0 bridgehead atoms. The maximum absolute atomic E-state index is 12.6. The molecule has 0 spiro atoms. The third kappa shape index (κ3) is 3.82. The molecular formula is C16H25ClN2O2S. The summed E-state index contributed by atoms with van der Waals surface area (Å²) >= 11 is 0. The summed E-state index contributed by atoms with van der Waals surface area (Å²) in [5.41, 5.74) is 7.34. The molecule has 2 N–H and O–H groups in total. The Balaban J connectivity index is 0.00000176. The zero-order valence-corrected chi connectivity index (χ0v) is 14.4. The van der Waals surface area contributed by atoms with E-state index < -0.39 is 10.0 Å². The highest BCUT2D eigenvalue weighted by molar-refractivity contribution is 7.89. The predicted octanol–water partition coefficient (Wildman–Crippen LogP) is 2.35. The molecule has 2 aliphatic rings. The summed E-state index contributed by atoms with van der Waals surface area (Å²) in [6.07, 6.45) is 4.46. The first kappa shape index (κ1) is 17.7. The molecule has 0 amide bonds. The van der Waals surface area contributed by atoms with Gasteiger partial charge in [0.15, 0.2) is 0 Å². The molecular weight excluding hydrogens is 320 g/mol. The van der Waals surface area contributed by atoms with Gasteiger partial charge in [0.05, 0.1) is 5.75 Å². The Kier molecular flexibility index (Phi) is 5.88. The minimum atomic E-state index is -3.16. The topological polar surface area (TPSA) is 63.4 Å². The van der Waals surface area contributed by atoms with E-state index in [0.717, 1.165) is 18.4 Å². The summed E-state index contributed by atoms with van der Waals surface area (Å²) in [5, 5.41) is 0. The third-order valence-corrected chi connectivity index (χ3v) is 6.85. The molecule has 22 heavy (non-hydrogen) atoms. The van der Waals surface area contributed by atoms with Crippen LogP contribution in [0.4, 0.5) is 0 Å². The van der Waals surface area contributed by atoms with Crippen molar-refractivity contribution in [3.8, 4) is 0 Å². The molecule has 1 aromatic rings. The largest absolute Gasteiger partial charge is 0.326 e. The van der Waals surface area contributed by atoms with E-state index >= 15 is 0 Å². The second kappa shape index (κ2) is 7.30. The van der Waals surface area contributed by atoms with Crippen molar-refractivity contribution in [1.82, 2.24) is 4.31 Å². The van der Waals surface area contributed by atoms with Gasteiger partial charge in [-0.25, -0.2) is 8.42 Å². The lowest BCUT2D eigenvalue weighted by atomic mass is 9.95. The van der Waals surface area contributed by atoms with Crippen LogP contribution in [0.25, 0.3) is 0 Å². The fourth-order valence-electron chi connectivity index (χ4n) is 3.65. The van der Waals surface area contributed by atoms with Crippen LogP contribution in [0, 0.1) is 5.92 Å². The van der Waals surface area contributed by atoms with Gasteiger partial charge in [-0.05, 0) is 24.3 Å². The van der Waals surface area contributed by atoms with E-state index in [-0.39, 0.29) is 24.4 Å². The van der Waals surface area contributed by atoms with Gasteiger partial charge in [-0.15, -0.1) is 12.4 Å². The molecule has 2 fully saturated rings. The molecule has 1 aliphatic carbocycles. The maximum atomic E-state index is 12.6. The predicted molar refractivity (Wildman–Crippen MR) is 91.7 cm³/mol. The molecule has 2 atom stereocenters. The lowest BCUT2D eigenvalue weighted by molar-refractivity contribution is 0.457. The first-order valence-corrected chi connectivity index (χ1v) is 9.45. The zero-order chi connectivity index (χ0) is 14.9. The summed E-state index contributed by atoms with van der Waals surface area (Å²) in [6.45, 7) is 0.981. The number of hydrogen-bond donors (Lipinski definition) is 1. The van der Waals surface area contributed by atoms with Crippen molar-refractivity contribution in [3.63, 3.8) is 0 Å². The van der Waals surface area contributed by atoms with Crippen molar-refractivity contribution in [1.29, 1.82) is 0 Å². The summed E-state index contributed by atoms with van der Waals surface area (Å²) in [6, 6.07) is 9.91. The normalized spacial score (nSPS) is 27.0. The fraction of sp³-hybridized carbons (Fsp3) is 0.625. The minimum absolute atomic E-state index is 0. The van der Waals surface area contributed by atoms with E-state index in [9.17, 15) is 8.42 Å². The van der Waals surface area contributed by atoms with E-state index in [2.05, 4.69) is 0 Å². The molecule has 0 unspecified atom stereocenters. The van der Waals surface area contributed by atoms with Crippen LogP contribution in [0.3, 0.4) is 0 Å². The number of benzene rings is 1. The van der Waals surface area contributed by atoms with Crippen LogP contribution < -0.4 is 5.73 Å². The van der Waals surface area contributed by atoms with E-state index in [1.54, 1.807) is 4.31 Å². The molecule has 4 nitrogen and oxygen atoms in total. The molecule has 1 heterocycles. The van der Waals surface area contributed by atoms with Crippen LogP contribution in [0.5, 0.6) is 0 Å². The monoisotopic (exact) mass is 344 g/mol. The number of sulfonamides is 1. The van der Waals surface area contributed by atoms with Crippen molar-refractivity contribution in [3.05, 3.63) is 35.9 Å². The Morgan fingerprint density at radius 2 is 1.73 bits per heavy atom. The van der Waals surface area contributed by atoms with Gasteiger partial charge in [-0.3, -0.25) is 0 Å². The van der Waals surface area contributed by atoms with Gasteiger partial charge >= 0.3 is 0 Å². The van der Waals surface area contributed by atoms with Crippen molar-refractivity contribution < 1.29 is 8.42 Å². The smallest absolute Gasteiger partial charge is 0.214 e. The lowest BCUT2D eigenvalue weighted by Crippen LogP contribution is -2.35. The van der Waals surface area contributed by atoms with Crippen LogP contribution in [0.1, 0.15) is 37.2 Å². The highest BCUT2D eigenvalue weighted by atomic mass is 35.5. The van der Waals surface area contributed by atoms with E-state index in [1.807, 2.05) is 30.3 Å². The minimum Gasteiger partial charge on any atom is -0.326 e. The number of hydrogen-bond acceptors (Lipinski definition) is 3. The van der Waals surface area contributed by atoms with E-state index in [0.29, 0.717) is 24.8 Å². The molecule has 1 aromatic carbocycles. The molecule has 1 saturated carbocycles. The Morgan fingerprint density at radius 1 is 1.09 bits per heavy atom. The molecule has 0 radical (unpaired) electrons. The number of rotatable bonds is 4. The van der Waals surface area contributed by atoms with Crippen LogP contribution in [0.2, 0.25) is 0 Å². The number of nitrogens with zero attached hydrogens (tertiary/aromatic N) is 1. The van der Waals surface area contributed by atoms with E-state index in [4.69, 9.17) is 5.73 Å². The van der Waals surface area contributed by atoms with Crippen LogP contribution in [-0.2, 0) is 10.0 Å². The zero-order valence-electron chi connectivity index (χ0n) is 12.7. The Labute approximate surface area is 139 Å². The number of halogens is 1. The highest BCUT2D eigenvalue weighted by Crippen LogP contribution is 2.31. The molecule has 1 aliphatic heterocycles. The van der Waals surface area contributed by atoms with Gasteiger partial charge in [0.2, 0.25) is 10.0 Å². The van der Waals surface area contributed by atoms with Gasteiger partial charge in [-0.1, -0.05) is 43.2 Å². The average Bonchev–Trinajstić information content (AvgIpc) is 3.09. The van der Waals surface area contributed by atoms with Gasteiger partial charge < -0.3 is 5.73 Å². The Bertz CT molecular complexity index is 573. The second-order valence-corrected chi connectivity index (χ2v) is 8.44. The first-order chi connectivity index (χ1) is 10.1. The van der Waals surface area contributed by atoms with Crippen LogP contribution in [0.15, 0.2) is 30.3 Å². The molecule has 1 saturated heterocycles. The highest BCUT2D eigenvalue weighted by Gasteiger charge is 2.38. The molecule has 0 aromatic heterocycles. The quantitative estimate of drug-likeness (QED) is 0.911. The van der Waals surface area contributed by atoms with Crippen LogP contribution in [-0.4, -0.2) is 37.6 Å². The van der Waals surface area contributed by atoms with E-state index in [1.165, 1.54) is 12.8 Å². The van der Waals surface area contributed by atoms with Gasteiger partial charge in [0, 0.05) is 25.0 Å². The maximum Gasteiger partial charge on any atom is 0.214 e. The summed E-state index contributed by atoms with van der Waals surface area (Å²) < 4.78 is 26.8. The first-order valence-electron chi connectivity index (χ1n) is 7.84. The SMILES string of the molecule is Cl.N[C@@H]1CN(S(=O)(=O)CC2CCCC2)C[C@H]1c1ccccc1. The Hall–Kier alpha value is -0.620. The fourth-order valence-corrected chi connectivity index (χ4v) is 5.58. The molecule has 3 rings (SSSR count). The van der Waals surface area contributed by atoms with Crippen LogP contribution >= 0.6 is 12.4 Å². The van der Waals surface area contributed by atoms with Crippen molar-refractivity contribution in [2.45, 2.75) is 37.6 Å². The van der Waals surface area contributed by atoms with Gasteiger partial charge in [-0.2, -0.15) is 4.31 Å². The third-order valence-electron chi connectivity index (χ3n) is 4.87. The van der Waals surface area contributed by atoms with Crippen molar-refractivity contribution in [2.75, 3.05) is 18.8 Å². The van der Waals surface area contributed by atoms with Gasteiger partial charge in [0.1, 0.15) is 0 Å². The summed E-state index contributed by atoms with van der Waals surface area (Å²) in [4.78, 5) is 0. The number of nitrogens with two attached hydrogens (primary N) is 1. The standard InChI is InChI=1S/C16H24N2O2S.ClH/c17-16-11-18(10-15(16)14-8-2-1-3-9-14)21(19,20)12-13-6-4-5-7-13;/h1-3,8-9,13,15-16H,4-7,10-12,17H2;1H/t15-,16+;/m0./s1. The van der Waals surface area contributed by atoms with Crippen molar-refractivity contribution in [2.24, 2.45) is 11.7 Å². The summed E-state index contributed by atoms with van der Waals surface area (Å²) in [7, 11) is -3.16. The Morgan fingerprint density at radius 3 is 2.36 bits per heavy atom.